The van der Waals surface area contributed by atoms with Crippen LogP contribution in [0.25, 0.3) is 28.1 Å². The number of nitrogens with zero attached hydrogens (tertiary/aromatic N) is 1. The van der Waals surface area contributed by atoms with Crippen LogP contribution in [-0.2, 0) is 4.79 Å². The number of carboxylic acid groups (broad SMARTS) is 1. The molecule has 2 atom stereocenters. The Kier molecular flexibility index (Phi) is 9.83. The van der Waals surface area contributed by atoms with Crippen LogP contribution in [0, 0.1) is 13.8 Å². The fraction of sp³-hybridized carbons (Fsp3) is 0.333. The first kappa shape index (κ1) is 27.2. The van der Waals surface area contributed by atoms with E-state index in [9.17, 15) is 20.1 Å². The van der Waals surface area contributed by atoms with Crippen molar-refractivity contribution in [2.24, 2.45) is 0 Å². The van der Waals surface area contributed by atoms with E-state index in [1.807, 2.05) is 24.3 Å². The number of carbonyl (C=O) groups is 1. The first-order valence-electron chi connectivity index (χ1n) is 10.9. The van der Waals surface area contributed by atoms with Crippen molar-refractivity contribution in [2.45, 2.75) is 58.7 Å². The van der Waals surface area contributed by atoms with Gasteiger partial charge in [-0.1, -0.05) is 73.5 Å². The van der Waals surface area contributed by atoms with Gasteiger partial charge in [0.25, 0.3) is 0 Å². The third-order valence-corrected chi connectivity index (χ3v) is 5.42. The summed E-state index contributed by atoms with van der Waals surface area (Å²) in [5, 5.41) is 32.0. The molecule has 1 aromatic heterocycles. The quantitative estimate of drug-likeness (QED) is 0.493. The second kappa shape index (κ2) is 11.9. The minimum Gasteiger partial charge on any atom is -0.550 e. The van der Waals surface area contributed by atoms with Crippen molar-refractivity contribution in [2.75, 3.05) is 0 Å². The van der Waals surface area contributed by atoms with Gasteiger partial charge >= 0.3 is 29.6 Å². The largest absolute Gasteiger partial charge is 1.00 e. The van der Waals surface area contributed by atoms with E-state index in [4.69, 9.17) is 4.98 Å². The van der Waals surface area contributed by atoms with Crippen LogP contribution in [0.3, 0.4) is 0 Å². The Morgan fingerprint density at radius 2 is 1.73 bits per heavy atom. The van der Waals surface area contributed by atoms with Gasteiger partial charge in [0.15, 0.2) is 0 Å². The van der Waals surface area contributed by atoms with E-state index in [0.717, 1.165) is 44.4 Å². The number of pyridine rings is 1. The van der Waals surface area contributed by atoms with Crippen molar-refractivity contribution >= 4 is 22.9 Å². The molecule has 2 aromatic carbocycles. The summed E-state index contributed by atoms with van der Waals surface area (Å²) in [6.45, 7) is 8.31. The minimum atomic E-state index is -1.34. The average Bonchev–Trinajstić information content (AvgIpc) is 2.69. The van der Waals surface area contributed by atoms with Crippen LogP contribution >= 0.6 is 0 Å². The van der Waals surface area contributed by atoms with Gasteiger partial charge in [0.05, 0.1) is 23.4 Å². The van der Waals surface area contributed by atoms with Gasteiger partial charge in [0.1, 0.15) is 0 Å². The zero-order chi connectivity index (χ0) is 23.4. The van der Waals surface area contributed by atoms with Gasteiger partial charge in [0, 0.05) is 35.3 Å². The van der Waals surface area contributed by atoms with Crippen molar-refractivity contribution < 1.29 is 49.7 Å². The number of aliphatic hydroxyl groups excluding tert-OH is 2. The molecule has 3 aromatic rings. The number of hydrogen-bond donors (Lipinski definition) is 2. The molecule has 0 bridgehead atoms. The summed E-state index contributed by atoms with van der Waals surface area (Å²) in [6, 6.07) is 14.5. The second-order valence-electron chi connectivity index (χ2n) is 8.73. The molecule has 1 heterocycles. The van der Waals surface area contributed by atoms with Crippen LogP contribution in [0.4, 0.5) is 0 Å². The number of carboxylic acids is 1. The van der Waals surface area contributed by atoms with Crippen molar-refractivity contribution in [1.82, 2.24) is 4.98 Å². The molecule has 0 fully saturated rings. The molecular weight excluding hydrogens is 425 g/mol. The monoisotopic (exact) mass is 455 g/mol. The van der Waals surface area contributed by atoms with Crippen molar-refractivity contribution in [3.05, 3.63) is 70.9 Å². The van der Waals surface area contributed by atoms with Crippen LogP contribution in [-0.4, -0.2) is 33.4 Å². The predicted molar refractivity (Wildman–Crippen MR) is 126 cm³/mol. The molecule has 0 saturated heterocycles. The second-order valence-corrected chi connectivity index (χ2v) is 8.73. The molecule has 33 heavy (non-hydrogen) atoms. The molecule has 5 nitrogen and oxygen atoms in total. The molecule has 2 unspecified atom stereocenters. The van der Waals surface area contributed by atoms with Gasteiger partial charge < -0.3 is 20.1 Å². The van der Waals surface area contributed by atoms with Crippen LogP contribution in [0.5, 0.6) is 0 Å². The number of fused-ring (bicyclic) bond motifs is 1. The van der Waals surface area contributed by atoms with E-state index in [1.54, 1.807) is 6.08 Å². The van der Waals surface area contributed by atoms with Crippen molar-refractivity contribution in [3.63, 3.8) is 0 Å². The van der Waals surface area contributed by atoms with Crippen LogP contribution in [0.1, 0.15) is 55.0 Å². The number of aliphatic hydroxyl groups is 2. The molecule has 0 aliphatic rings. The maximum atomic E-state index is 10.7. The molecule has 0 saturated carbocycles. The summed E-state index contributed by atoms with van der Waals surface area (Å²) in [5.74, 6) is -1.20. The Labute approximate surface area is 217 Å². The Balaban J connectivity index is 0.00000385. The number of rotatable bonds is 8. The van der Waals surface area contributed by atoms with E-state index in [0.29, 0.717) is 0 Å². The molecular formula is C27H30NNaO4. The first-order valence-corrected chi connectivity index (χ1v) is 10.9. The minimum absolute atomic E-state index is 0. The number of hydrogen-bond acceptors (Lipinski definition) is 5. The summed E-state index contributed by atoms with van der Waals surface area (Å²) in [4.78, 5) is 15.6. The molecule has 168 valence electrons. The van der Waals surface area contributed by atoms with Crippen LogP contribution in [0.2, 0.25) is 0 Å². The van der Waals surface area contributed by atoms with Gasteiger partial charge in [-0.2, -0.15) is 0 Å². The van der Waals surface area contributed by atoms with Crippen molar-refractivity contribution in [1.29, 1.82) is 0 Å². The summed E-state index contributed by atoms with van der Waals surface area (Å²) < 4.78 is 0. The maximum Gasteiger partial charge on any atom is 1.00 e. The Bertz CT molecular complexity index is 1140. The van der Waals surface area contributed by atoms with Gasteiger partial charge in [0.2, 0.25) is 0 Å². The number of benzene rings is 2. The number of aromatic nitrogens is 1. The molecule has 3 rings (SSSR count). The fourth-order valence-electron chi connectivity index (χ4n) is 4.12. The maximum absolute atomic E-state index is 10.7. The predicted octanol–water partition coefficient (Wildman–Crippen LogP) is 0.911. The van der Waals surface area contributed by atoms with Crippen molar-refractivity contribution in [3.8, 4) is 11.1 Å². The molecule has 0 radical (unpaired) electrons. The zero-order valence-corrected chi connectivity index (χ0v) is 22.0. The fourth-order valence-corrected chi connectivity index (χ4v) is 4.12. The van der Waals surface area contributed by atoms with E-state index in [-0.39, 0.29) is 41.9 Å². The zero-order valence-electron chi connectivity index (χ0n) is 20.0. The normalized spacial score (nSPS) is 13.3. The molecule has 0 aliphatic heterocycles. The van der Waals surface area contributed by atoms with Crippen LogP contribution in [0.15, 0.2) is 48.5 Å². The smallest absolute Gasteiger partial charge is 0.550 e. The summed E-state index contributed by atoms with van der Waals surface area (Å²) in [6.07, 6.45) is 0.691. The summed E-state index contributed by atoms with van der Waals surface area (Å²) in [5.41, 5.74) is 7.18. The molecule has 0 spiro atoms. The number of carbonyl (C=O) groups excluding carboxylic acids is 1. The Morgan fingerprint density at radius 3 is 2.33 bits per heavy atom. The Hall–Kier alpha value is -2.02. The standard InChI is InChI=1S/C27H31NO4.Na/c1-16(2)27-23(10-9-20(29)14-21(30)15-25(31)32)26(19-12-17(3)11-18(4)13-19)22-7-5-6-8-24(22)28-27;/h5-13,16,20-21,29-30H,14-15H2,1-4H3,(H,31,32);/q;+1/p-1/b10-9+;. The first-order chi connectivity index (χ1) is 15.2. The number of aliphatic carboxylic acids is 1. The van der Waals surface area contributed by atoms with E-state index in [2.05, 4.69) is 52.0 Å². The van der Waals surface area contributed by atoms with E-state index < -0.39 is 24.6 Å². The van der Waals surface area contributed by atoms with E-state index >= 15 is 0 Å². The average molecular weight is 456 g/mol. The van der Waals surface area contributed by atoms with Gasteiger partial charge in [-0.25, -0.2) is 0 Å². The van der Waals surface area contributed by atoms with Gasteiger partial charge in [-0.3, -0.25) is 4.98 Å². The summed E-state index contributed by atoms with van der Waals surface area (Å²) in [7, 11) is 0. The number of para-hydroxylation sites is 1. The SMILES string of the molecule is Cc1cc(C)cc(-c2c(/C=C/C(O)CC(O)CC(=O)[O-])c(C(C)C)nc3ccccc23)c1.[Na+]. The van der Waals surface area contributed by atoms with E-state index in [1.165, 1.54) is 0 Å². The Morgan fingerprint density at radius 1 is 1.09 bits per heavy atom. The molecule has 0 amide bonds. The molecule has 2 N–H and O–H groups in total. The third-order valence-electron chi connectivity index (χ3n) is 5.42. The number of aryl methyl sites for hydroxylation is 2. The topological polar surface area (TPSA) is 93.5 Å². The molecule has 6 heteroatoms. The van der Waals surface area contributed by atoms with Gasteiger partial charge in [-0.05, 0) is 31.4 Å². The summed E-state index contributed by atoms with van der Waals surface area (Å²) >= 11 is 0. The third kappa shape index (κ3) is 6.98. The van der Waals surface area contributed by atoms with Gasteiger partial charge in [-0.15, -0.1) is 0 Å². The molecule has 0 aliphatic carbocycles. The van der Waals surface area contributed by atoms with Crippen LogP contribution < -0.4 is 34.7 Å².